The third-order valence-electron chi connectivity index (χ3n) is 4.44. The Morgan fingerprint density at radius 1 is 1.19 bits per heavy atom. The summed E-state index contributed by atoms with van der Waals surface area (Å²) in [6.07, 6.45) is 8.69. The van der Waals surface area contributed by atoms with Crippen molar-refractivity contribution in [2.75, 3.05) is 20.3 Å². The Labute approximate surface area is 163 Å². The third kappa shape index (κ3) is 8.04. The summed E-state index contributed by atoms with van der Waals surface area (Å²) >= 11 is 0. The minimum Gasteiger partial charge on any atom is -0.493 e. The first kappa shape index (κ1) is 21.3. The largest absolute Gasteiger partial charge is 0.493 e. The molecule has 5 heteroatoms. The number of allylic oxidation sites excluding steroid dienone is 1. The van der Waals surface area contributed by atoms with Gasteiger partial charge in [0.1, 0.15) is 0 Å². The lowest BCUT2D eigenvalue weighted by Crippen LogP contribution is -2.43. The van der Waals surface area contributed by atoms with E-state index in [9.17, 15) is 4.79 Å². The van der Waals surface area contributed by atoms with Gasteiger partial charge in [-0.2, -0.15) is 0 Å². The van der Waals surface area contributed by atoms with Crippen LogP contribution in [0.2, 0.25) is 0 Å². The molecular formula is C22H34N2O3. The molecule has 0 saturated carbocycles. The van der Waals surface area contributed by atoms with Crippen LogP contribution in [-0.4, -0.2) is 31.7 Å². The highest BCUT2D eigenvalue weighted by atomic mass is 16.5. The van der Waals surface area contributed by atoms with Crippen LogP contribution in [0, 0.1) is 0 Å². The molecule has 0 atom stereocenters. The molecule has 0 aromatic heterocycles. The topological polar surface area (TPSA) is 59.6 Å². The Morgan fingerprint density at radius 2 is 2.00 bits per heavy atom. The van der Waals surface area contributed by atoms with Crippen molar-refractivity contribution in [1.29, 1.82) is 0 Å². The fraction of sp³-hybridized carbons (Fsp3) is 0.591. The number of hydrogen-bond acceptors (Lipinski definition) is 4. The van der Waals surface area contributed by atoms with E-state index in [1.54, 1.807) is 12.7 Å². The molecule has 1 amide bonds. The lowest BCUT2D eigenvalue weighted by molar-refractivity contribution is -0.124. The predicted molar refractivity (Wildman–Crippen MR) is 109 cm³/mol. The molecule has 1 aromatic carbocycles. The van der Waals surface area contributed by atoms with Crippen LogP contribution in [-0.2, 0) is 11.3 Å². The molecule has 0 aliphatic heterocycles. The van der Waals surface area contributed by atoms with Crippen molar-refractivity contribution < 1.29 is 14.3 Å². The van der Waals surface area contributed by atoms with E-state index in [1.807, 2.05) is 39.0 Å². The maximum Gasteiger partial charge on any atom is 0.258 e. The van der Waals surface area contributed by atoms with Gasteiger partial charge in [0, 0.05) is 12.1 Å². The van der Waals surface area contributed by atoms with E-state index in [1.165, 1.54) is 25.7 Å². The fourth-order valence-corrected chi connectivity index (χ4v) is 3.15. The van der Waals surface area contributed by atoms with E-state index in [0.717, 1.165) is 25.1 Å². The molecule has 2 rings (SSSR count). The summed E-state index contributed by atoms with van der Waals surface area (Å²) in [6, 6.07) is 5.83. The lowest BCUT2D eigenvalue weighted by Gasteiger charge is -2.20. The average Bonchev–Trinajstić information content (AvgIpc) is 2.63. The zero-order valence-electron chi connectivity index (χ0n) is 17.2. The first-order chi connectivity index (χ1) is 12.9. The Kier molecular flexibility index (Phi) is 8.17. The van der Waals surface area contributed by atoms with E-state index in [4.69, 9.17) is 9.47 Å². The highest BCUT2D eigenvalue weighted by Crippen LogP contribution is 2.28. The summed E-state index contributed by atoms with van der Waals surface area (Å²) in [5, 5.41) is 6.37. The van der Waals surface area contributed by atoms with Crippen LogP contribution in [0.1, 0.15) is 58.4 Å². The second-order valence-corrected chi connectivity index (χ2v) is 8.11. The van der Waals surface area contributed by atoms with Crippen LogP contribution in [0.5, 0.6) is 11.5 Å². The van der Waals surface area contributed by atoms with Gasteiger partial charge in [-0.15, -0.1) is 0 Å². The second-order valence-electron chi connectivity index (χ2n) is 8.11. The summed E-state index contributed by atoms with van der Waals surface area (Å²) in [5.41, 5.74) is 2.45. The number of ether oxygens (including phenoxy) is 2. The lowest BCUT2D eigenvalue weighted by atomic mass is 9.97. The summed E-state index contributed by atoms with van der Waals surface area (Å²) in [6.45, 7) is 7.57. The third-order valence-corrected chi connectivity index (χ3v) is 4.44. The van der Waals surface area contributed by atoms with E-state index in [-0.39, 0.29) is 18.1 Å². The molecule has 1 aliphatic carbocycles. The number of hydrogen-bond donors (Lipinski definition) is 2. The highest BCUT2D eigenvalue weighted by molar-refractivity contribution is 5.78. The number of nitrogens with one attached hydrogen (secondary N) is 2. The van der Waals surface area contributed by atoms with Crippen LogP contribution >= 0.6 is 0 Å². The zero-order chi connectivity index (χ0) is 19.7. The van der Waals surface area contributed by atoms with Crippen LogP contribution in [0.4, 0.5) is 0 Å². The van der Waals surface area contributed by atoms with E-state index < -0.39 is 0 Å². The van der Waals surface area contributed by atoms with Crippen molar-refractivity contribution in [1.82, 2.24) is 10.6 Å². The van der Waals surface area contributed by atoms with Crippen molar-refractivity contribution in [2.45, 2.75) is 65.0 Å². The molecule has 1 aliphatic rings. The molecule has 1 aromatic rings. The van der Waals surface area contributed by atoms with Crippen molar-refractivity contribution in [3.8, 4) is 11.5 Å². The van der Waals surface area contributed by atoms with Gasteiger partial charge >= 0.3 is 0 Å². The number of carbonyl (C=O) groups excluding carboxylic acids is 1. The second kappa shape index (κ2) is 10.4. The van der Waals surface area contributed by atoms with Crippen molar-refractivity contribution in [2.24, 2.45) is 0 Å². The highest BCUT2D eigenvalue weighted by Gasteiger charge is 2.15. The summed E-state index contributed by atoms with van der Waals surface area (Å²) in [5.74, 6) is 1.08. The molecule has 0 fully saturated rings. The number of methoxy groups -OCH3 is 1. The number of carbonyl (C=O) groups is 1. The fourth-order valence-electron chi connectivity index (χ4n) is 3.15. The van der Waals surface area contributed by atoms with Gasteiger partial charge in [0.2, 0.25) is 0 Å². The average molecular weight is 375 g/mol. The monoisotopic (exact) mass is 374 g/mol. The van der Waals surface area contributed by atoms with E-state index >= 15 is 0 Å². The predicted octanol–water partition coefficient (Wildman–Crippen LogP) is 3.97. The molecule has 150 valence electrons. The van der Waals surface area contributed by atoms with Crippen LogP contribution in [0.3, 0.4) is 0 Å². The molecule has 27 heavy (non-hydrogen) atoms. The van der Waals surface area contributed by atoms with E-state index in [0.29, 0.717) is 11.5 Å². The zero-order valence-corrected chi connectivity index (χ0v) is 17.2. The molecule has 0 saturated heterocycles. The number of benzene rings is 1. The minimum atomic E-state index is -0.270. The summed E-state index contributed by atoms with van der Waals surface area (Å²) in [4.78, 5) is 11.9. The molecule has 2 N–H and O–H groups in total. The van der Waals surface area contributed by atoms with Crippen LogP contribution in [0.25, 0.3) is 0 Å². The van der Waals surface area contributed by atoms with Crippen molar-refractivity contribution in [3.63, 3.8) is 0 Å². The Bertz CT molecular complexity index is 647. The molecule has 0 spiro atoms. The molecule has 5 nitrogen and oxygen atoms in total. The number of rotatable bonds is 9. The molecule has 0 bridgehead atoms. The quantitative estimate of drug-likeness (QED) is 0.507. The molecule has 0 radical (unpaired) electrons. The SMILES string of the molecule is COc1cc(CNCCC2=CCCCC2)ccc1OCC(=O)NC(C)(C)C. The van der Waals surface area contributed by atoms with Gasteiger partial charge in [-0.3, -0.25) is 4.79 Å². The molecule has 0 heterocycles. The summed E-state index contributed by atoms with van der Waals surface area (Å²) in [7, 11) is 1.62. The van der Waals surface area contributed by atoms with Gasteiger partial charge < -0.3 is 20.1 Å². The van der Waals surface area contributed by atoms with Gasteiger partial charge in [-0.25, -0.2) is 0 Å². The Hall–Kier alpha value is -2.01. The number of amides is 1. The van der Waals surface area contributed by atoms with Crippen molar-refractivity contribution in [3.05, 3.63) is 35.4 Å². The molecule has 0 unspecified atom stereocenters. The Balaban J connectivity index is 1.80. The first-order valence-electron chi connectivity index (χ1n) is 9.87. The van der Waals surface area contributed by atoms with Gasteiger partial charge in [0.15, 0.2) is 18.1 Å². The van der Waals surface area contributed by atoms with Gasteiger partial charge in [-0.05, 0) is 77.1 Å². The molecular weight excluding hydrogens is 340 g/mol. The van der Waals surface area contributed by atoms with Crippen LogP contribution < -0.4 is 20.1 Å². The van der Waals surface area contributed by atoms with Crippen LogP contribution in [0.15, 0.2) is 29.8 Å². The van der Waals surface area contributed by atoms with Gasteiger partial charge in [-0.1, -0.05) is 17.7 Å². The Morgan fingerprint density at radius 3 is 2.67 bits per heavy atom. The smallest absolute Gasteiger partial charge is 0.258 e. The van der Waals surface area contributed by atoms with E-state index in [2.05, 4.69) is 16.7 Å². The summed E-state index contributed by atoms with van der Waals surface area (Å²) < 4.78 is 11.1. The van der Waals surface area contributed by atoms with Gasteiger partial charge in [0.05, 0.1) is 7.11 Å². The maximum atomic E-state index is 11.9. The first-order valence-corrected chi connectivity index (χ1v) is 9.87. The maximum absolute atomic E-state index is 11.9. The normalized spacial score (nSPS) is 14.4. The minimum absolute atomic E-state index is 0.0274. The van der Waals surface area contributed by atoms with Crippen molar-refractivity contribution >= 4 is 5.91 Å². The van der Waals surface area contributed by atoms with Gasteiger partial charge in [0.25, 0.3) is 5.91 Å². The standard InChI is InChI=1S/C22H34N2O3/c1-22(2,3)24-21(25)16-27-19-11-10-18(14-20(19)26-4)15-23-13-12-17-8-6-5-7-9-17/h8,10-11,14,23H,5-7,9,12-13,15-16H2,1-4H3,(H,24,25).